The van der Waals surface area contributed by atoms with E-state index in [2.05, 4.69) is 0 Å². The maximum Gasteiger partial charge on any atom is 0.305 e. The van der Waals surface area contributed by atoms with Crippen LogP contribution in [0.1, 0.15) is 23.0 Å². The maximum atomic E-state index is 13.9. The van der Waals surface area contributed by atoms with E-state index >= 15 is 0 Å². The van der Waals surface area contributed by atoms with E-state index in [1.165, 1.54) is 19.1 Å². The van der Waals surface area contributed by atoms with Crippen molar-refractivity contribution in [3.8, 4) is 0 Å². The molecule has 0 atom stereocenters. The van der Waals surface area contributed by atoms with Gasteiger partial charge in [0, 0.05) is 24.8 Å². The van der Waals surface area contributed by atoms with E-state index < -0.39 is 16.4 Å². The Morgan fingerprint density at radius 1 is 1.37 bits per heavy atom. The normalized spacial score (nSPS) is 10.4. The molecule has 0 aliphatic rings. The molecule has 0 aliphatic carbocycles. The minimum Gasteiger partial charge on any atom is -0.341 e. The highest BCUT2D eigenvalue weighted by Gasteiger charge is 2.18. The van der Waals surface area contributed by atoms with Crippen molar-refractivity contribution in [1.82, 2.24) is 4.57 Å². The second-order valence-corrected chi connectivity index (χ2v) is 4.08. The molecule has 98 valence electrons. The van der Waals surface area contributed by atoms with Crippen LogP contribution in [0.2, 0.25) is 0 Å². The fraction of sp³-hybridized carbons (Fsp3) is 0.154. The number of aromatic nitrogens is 1. The average molecular weight is 262 g/mol. The molecule has 1 aromatic heterocycles. The van der Waals surface area contributed by atoms with Crippen LogP contribution in [0.5, 0.6) is 0 Å². The number of nitro groups is 1. The molecule has 2 aromatic rings. The van der Waals surface area contributed by atoms with Crippen LogP contribution in [0.15, 0.2) is 36.5 Å². The number of hydrogen-bond donors (Lipinski definition) is 0. The van der Waals surface area contributed by atoms with Crippen LogP contribution in [0.3, 0.4) is 0 Å². The second kappa shape index (κ2) is 5.01. The summed E-state index contributed by atoms with van der Waals surface area (Å²) in [7, 11) is 0. The van der Waals surface area contributed by atoms with Crippen molar-refractivity contribution < 1.29 is 14.1 Å². The van der Waals surface area contributed by atoms with Crippen molar-refractivity contribution >= 4 is 11.5 Å². The molecule has 6 heteroatoms. The number of hydrogen-bond acceptors (Lipinski definition) is 3. The first kappa shape index (κ1) is 12.9. The summed E-state index contributed by atoms with van der Waals surface area (Å²) < 4.78 is 15.5. The van der Waals surface area contributed by atoms with E-state index in [1.807, 2.05) is 0 Å². The van der Waals surface area contributed by atoms with E-state index in [0.29, 0.717) is 5.69 Å². The SMILES string of the molecule is CC(=O)c1cccn1Cc1cccc([N+](=O)[O-])c1F. The average Bonchev–Trinajstić information content (AvgIpc) is 2.79. The minimum absolute atomic E-state index is 0.0788. The van der Waals surface area contributed by atoms with Crippen LogP contribution in [-0.2, 0) is 6.54 Å². The zero-order valence-electron chi connectivity index (χ0n) is 10.2. The van der Waals surface area contributed by atoms with E-state index in [9.17, 15) is 19.3 Å². The van der Waals surface area contributed by atoms with E-state index in [0.717, 1.165) is 6.07 Å². The van der Waals surface area contributed by atoms with Crippen molar-refractivity contribution in [3.63, 3.8) is 0 Å². The van der Waals surface area contributed by atoms with Gasteiger partial charge in [-0.1, -0.05) is 12.1 Å². The lowest BCUT2D eigenvalue weighted by Gasteiger charge is -2.08. The largest absolute Gasteiger partial charge is 0.341 e. The summed E-state index contributed by atoms with van der Waals surface area (Å²) in [5.41, 5.74) is 0.0489. The number of halogens is 1. The fourth-order valence-electron chi connectivity index (χ4n) is 1.88. The molecule has 0 aliphatic heterocycles. The maximum absolute atomic E-state index is 13.9. The van der Waals surface area contributed by atoms with Gasteiger partial charge >= 0.3 is 5.69 Å². The monoisotopic (exact) mass is 262 g/mol. The van der Waals surface area contributed by atoms with Crippen LogP contribution in [-0.4, -0.2) is 15.3 Å². The quantitative estimate of drug-likeness (QED) is 0.483. The zero-order valence-corrected chi connectivity index (χ0v) is 10.2. The Morgan fingerprint density at radius 3 is 2.74 bits per heavy atom. The third-order valence-corrected chi connectivity index (χ3v) is 2.79. The number of carbonyl (C=O) groups is 1. The van der Waals surface area contributed by atoms with E-state index in [1.54, 1.807) is 22.9 Å². The van der Waals surface area contributed by atoms with Crippen LogP contribution in [0.4, 0.5) is 10.1 Å². The fourth-order valence-corrected chi connectivity index (χ4v) is 1.88. The molecular weight excluding hydrogens is 251 g/mol. The summed E-state index contributed by atoms with van der Waals surface area (Å²) in [6.45, 7) is 1.49. The Balaban J connectivity index is 2.39. The molecule has 0 unspecified atom stereocenters. The standard InChI is InChI=1S/C13H11FN2O3/c1-9(17)11-6-3-7-15(11)8-10-4-2-5-12(13(10)14)16(18)19/h2-7H,8H2,1H3. The van der Waals surface area contributed by atoms with Crippen molar-refractivity contribution in [2.45, 2.75) is 13.5 Å². The number of rotatable bonds is 4. The Morgan fingerprint density at radius 2 is 2.11 bits per heavy atom. The Kier molecular flexibility index (Phi) is 3.41. The zero-order chi connectivity index (χ0) is 14.0. The molecule has 0 fully saturated rings. The number of ketones is 1. The Hall–Kier alpha value is -2.50. The van der Waals surface area contributed by atoms with Crippen molar-refractivity contribution in [2.24, 2.45) is 0 Å². The molecule has 2 rings (SSSR count). The van der Waals surface area contributed by atoms with Gasteiger partial charge in [0.15, 0.2) is 5.78 Å². The summed E-state index contributed by atoms with van der Waals surface area (Å²) >= 11 is 0. The molecule has 0 saturated heterocycles. The molecule has 0 bridgehead atoms. The molecule has 19 heavy (non-hydrogen) atoms. The summed E-state index contributed by atoms with van der Waals surface area (Å²) in [6.07, 6.45) is 1.63. The predicted octanol–water partition coefficient (Wildman–Crippen LogP) is 2.79. The Labute approximate surface area is 108 Å². The number of benzene rings is 1. The lowest BCUT2D eigenvalue weighted by atomic mass is 10.1. The molecule has 0 amide bonds. The summed E-state index contributed by atoms with van der Waals surface area (Å²) in [5, 5.41) is 10.7. The minimum atomic E-state index is -0.865. The van der Waals surface area contributed by atoms with Crippen LogP contribution >= 0.6 is 0 Å². The first-order chi connectivity index (χ1) is 9.00. The molecule has 5 nitrogen and oxygen atoms in total. The van der Waals surface area contributed by atoms with Gasteiger partial charge in [-0.3, -0.25) is 14.9 Å². The van der Waals surface area contributed by atoms with Crippen molar-refractivity contribution in [3.05, 3.63) is 63.7 Å². The van der Waals surface area contributed by atoms with E-state index in [-0.39, 0.29) is 17.9 Å². The van der Waals surface area contributed by atoms with Gasteiger partial charge in [0.25, 0.3) is 0 Å². The van der Waals surface area contributed by atoms with Gasteiger partial charge in [-0.05, 0) is 12.1 Å². The highest BCUT2D eigenvalue weighted by Crippen LogP contribution is 2.21. The number of nitrogens with zero attached hydrogens (tertiary/aromatic N) is 2. The lowest BCUT2D eigenvalue weighted by Crippen LogP contribution is -2.08. The molecule has 0 radical (unpaired) electrons. The molecule has 0 N–H and O–H groups in total. The van der Waals surface area contributed by atoms with Crippen LogP contribution in [0.25, 0.3) is 0 Å². The van der Waals surface area contributed by atoms with Crippen molar-refractivity contribution in [2.75, 3.05) is 0 Å². The number of Topliss-reactive ketones (excluding diaryl/α,β-unsaturated/α-hetero) is 1. The highest BCUT2D eigenvalue weighted by molar-refractivity contribution is 5.92. The number of carbonyl (C=O) groups excluding carboxylic acids is 1. The Bertz CT molecular complexity index is 649. The van der Waals surface area contributed by atoms with Gasteiger partial charge < -0.3 is 4.57 Å². The van der Waals surface area contributed by atoms with Gasteiger partial charge in [0.1, 0.15) is 0 Å². The third kappa shape index (κ3) is 2.52. The third-order valence-electron chi connectivity index (χ3n) is 2.79. The van der Waals surface area contributed by atoms with Crippen LogP contribution in [0, 0.1) is 15.9 Å². The van der Waals surface area contributed by atoms with Gasteiger partial charge in [-0.15, -0.1) is 0 Å². The van der Waals surface area contributed by atoms with E-state index in [4.69, 9.17) is 0 Å². The molecule has 0 spiro atoms. The van der Waals surface area contributed by atoms with Gasteiger partial charge in [0.05, 0.1) is 17.2 Å². The summed E-state index contributed by atoms with van der Waals surface area (Å²) in [4.78, 5) is 21.2. The first-order valence-corrected chi connectivity index (χ1v) is 5.58. The molecule has 0 saturated carbocycles. The lowest BCUT2D eigenvalue weighted by molar-refractivity contribution is -0.387. The van der Waals surface area contributed by atoms with Gasteiger partial charge in [0.2, 0.25) is 5.82 Å². The number of nitro benzene ring substituents is 1. The molecular formula is C13H11FN2O3. The molecule has 1 heterocycles. The second-order valence-electron chi connectivity index (χ2n) is 4.08. The summed E-state index contributed by atoms with van der Waals surface area (Å²) in [5.74, 6) is -1.01. The smallest absolute Gasteiger partial charge is 0.305 e. The molecule has 1 aromatic carbocycles. The van der Waals surface area contributed by atoms with Gasteiger partial charge in [-0.2, -0.15) is 4.39 Å². The first-order valence-electron chi connectivity index (χ1n) is 5.58. The predicted molar refractivity (Wildman–Crippen MR) is 66.6 cm³/mol. The van der Waals surface area contributed by atoms with Gasteiger partial charge in [-0.25, -0.2) is 0 Å². The summed E-state index contributed by atoms with van der Waals surface area (Å²) in [6, 6.07) is 7.30. The topological polar surface area (TPSA) is 65.1 Å². The van der Waals surface area contributed by atoms with Crippen LogP contribution < -0.4 is 0 Å². The van der Waals surface area contributed by atoms with Crippen molar-refractivity contribution in [1.29, 1.82) is 0 Å². The highest BCUT2D eigenvalue weighted by atomic mass is 19.1.